The van der Waals surface area contributed by atoms with Crippen molar-refractivity contribution in [2.45, 2.75) is 44.6 Å². The first kappa shape index (κ1) is 30.7. The van der Waals surface area contributed by atoms with Crippen molar-refractivity contribution < 1.29 is 27.5 Å². The van der Waals surface area contributed by atoms with E-state index in [2.05, 4.69) is 15.8 Å². The van der Waals surface area contributed by atoms with Gasteiger partial charge in [0.1, 0.15) is 12.3 Å². The van der Waals surface area contributed by atoms with Gasteiger partial charge in [-0.2, -0.15) is 5.10 Å². The van der Waals surface area contributed by atoms with Crippen LogP contribution in [0.25, 0.3) is 0 Å². The molecule has 3 aromatic rings. The highest BCUT2D eigenvalue weighted by atomic mass is 32.2. The van der Waals surface area contributed by atoms with Gasteiger partial charge in [0.25, 0.3) is 21.8 Å². The second-order valence-corrected chi connectivity index (χ2v) is 12.0. The maximum absolute atomic E-state index is 13.6. The minimum Gasteiger partial charge on any atom is -0.484 e. The number of sulfonamides is 1. The molecule has 0 saturated carbocycles. The summed E-state index contributed by atoms with van der Waals surface area (Å²) in [5.41, 5.74) is 6.30. The predicted octanol–water partition coefficient (Wildman–Crippen LogP) is 3.63. The van der Waals surface area contributed by atoms with Crippen molar-refractivity contribution in [3.63, 3.8) is 0 Å². The highest BCUT2D eigenvalue weighted by molar-refractivity contribution is 7.92. The van der Waals surface area contributed by atoms with Gasteiger partial charge in [0, 0.05) is 13.2 Å². The summed E-state index contributed by atoms with van der Waals surface area (Å²) in [6, 6.07) is 18.6. The molecule has 1 heterocycles. The van der Waals surface area contributed by atoms with Crippen LogP contribution in [0.2, 0.25) is 0 Å². The highest BCUT2D eigenvalue weighted by Crippen LogP contribution is 2.26. The van der Waals surface area contributed by atoms with Gasteiger partial charge in [-0.25, -0.2) is 13.8 Å². The summed E-state index contributed by atoms with van der Waals surface area (Å²) >= 11 is 0. The van der Waals surface area contributed by atoms with Crippen LogP contribution in [-0.4, -0.2) is 58.9 Å². The first-order chi connectivity index (χ1) is 20.1. The number of nitrogens with zero attached hydrogens (tertiary/aromatic N) is 2. The van der Waals surface area contributed by atoms with E-state index in [1.165, 1.54) is 18.3 Å². The number of amides is 2. The van der Waals surface area contributed by atoms with E-state index in [-0.39, 0.29) is 23.5 Å². The Hall–Kier alpha value is -4.22. The number of anilines is 1. The minimum atomic E-state index is -4.03. The third-order valence-corrected chi connectivity index (χ3v) is 8.67. The molecule has 1 fully saturated rings. The lowest BCUT2D eigenvalue weighted by Gasteiger charge is -2.24. The fourth-order valence-corrected chi connectivity index (χ4v) is 5.67. The van der Waals surface area contributed by atoms with Crippen LogP contribution in [0.1, 0.15) is 35.1 Å². The molecule has 1 aliphatic heterocycles. The van der Waals surface area contributed by atoms with E-state index >= 15 is 0 Å². The summed E-state index contributed by atoms with van der Waals surface area (Å²) in [6.07, 6.45) is 3.46. The van der Waals surface area contributed by atoms with E-state index < -0.39 is 22.5 Å². The average molecular weight is 593 g/mol. The molecule has 0 radical (unpaired) electrons. The highest BCUT2D eigenvalue weighted by Gasteiger charge is 2.27. The molecule has 10 nitrogen and oxygen atoms in total. The number of hydrogen-bond acceptors (Lipinski definition) is 7. The molecule has 4 rings (SSSR count). The van der Waals surface area contributed by atoms with Crippen molar-refractivity contribution in [3.8, 4) is 5.75 Å². The average Bonchev–Trinajstić information content (AvgIpc) is 3.50. The third-order valence-electron chi connectivity index (χ3n) is 6.88. The summed E-state index contributed by atoms with van der Waals surface area (Å²) in [5.74, 6) is -0.319. The lowest BCUT2D eigenvalue weighted by molar-refractivity contribution is -0.123. The Morgan fingerprint density at radius 3 is 2.40 bits per heavy atom. The van der Waals surface area contributed by atoms with Crippen LogP contribution in [0.5, 0.6) is 5.75 Å². The lowest BCUT2D eigenvalue weighted by atomic mass is 10.1. The van der Waals surface area contributed by atoms with Crippen LogP contribution >= 0.6 is 0 Å². The Bertz CT molecular complexity index is 1520. The molecule has 2 N–H and O–H groups in total. The normalized spacial score (nSPS) is 15.0. The van der Waals surface area contributed by atoms with Crippen molar-refractivity contribution >= 4 is 33.7 Å². The molecule has 0 unspecified atom stereocenters. The molecule has 11 heteroatoms. The number of nitrogens with one attached hydrogen (secondary N) is 2. The first-order valence-corrected chi connectivity index (χ1v) is 15.2. The Labute approximate surface area is 246 Å². The van der Waals surface area contributed by atoms with Gasteiger partial charge >= 0.3 is 0 Å². The number of hydrogen-bond donors (Lipinski definition) is 2. The summed E-state index contributed by atoms with van der Waals surface area (Å²) in [6.45, 7) is 6.33. The molecule has 1 aliphatic rings. The van der Waals surface area contributed by atoms with Gasteiger partial charge in [0.2, 0.25) is 0 Å². The molecular formula is C31H36N4O6S. The number of carbonyl (C=O) groups is 2. The van der Waals surface area contributed by atoms with E-state index in [0.717, 1.165) is 40.4 Å². The molecule has 2 amide bonds. The smallest absolute Gasteiger partial charge is 0.264 e. The maximum atomic E-state index is 13.6. The van der Waals surface area contributed by atoms with E-state index in [4.69, 9.17) is 9.47 Å². The second-order valence-electron chi connectivity index (χ2n) is 10.2. The van der Waals surface area contributed by atoms with Crippen LogP contribution < -0.4 is 19.8 Å². The number of ether oxygens (including phenoxy) is 2. The first-order valence-electron chi connectivity index (χ1n) is 13.7. The van der Waals surface area contributed by atoms with Crippen molar-refractivity contribution in [1.29, 1.82) is 0 Å². The third kappa shape index (κ3) is 8.40. The Kier molecular flexibility index (Phi) is 10.3. The lowest BCUT2D eigenvalue weighted by Crippen LogP contribution is -2.39. The summed E-state index contributed by atoms with van der Waals surface area (Å²) in [4.78, 5) is 24.9. The van der Waals surface area contributed by atoms with Crippen LogP contribution in [0.4, 0.5) is 5.69 Å². The fourth-order valence-electron chi connectivity index (χ4n) is 4.26. The number of carbonyl (C=O) groups excluding carboxylic acids is 2. The van der Waals surface area contributed by atoms with Gasteiger partial charge in [-0.3, -0.25) is 13.9 Å². The van der Waals surface area contributed by atoms with Gasteiger partial charge in [-0.05, 0) is 98.8 Å². The van der Waals surface area contributed by atoms with Crippen molar-refractivity contribution in [3.05, 3.63) is 89.0 Å². The molecule has 42 heavy (non-hydrogen) atoms. The quantitative estimate of drug-likeness (QED) is 0.244. The molecular weight excluding hydrogens is 556 g/mol. The standard InChI is InChI=1S/C31H36N4O6S/c1-22-6-14-29(15-7-22)42(38,39)35(26-11-8-23(2)24(3)17-26)20-30(36)34-33-18-25-9-12-27(13-10-25)41-21-31(37)32-19-28-5-4-16-40-28/h6-15,17-18,28H,4-5,16,19-21H2,1-3H3,(H,32,37)(H,34,36)/b33-18-/t28-/m0/s1. The molecule has 0 aliphatic carbocycles. The minimum absolute atomic E-state index is 0.0699. The van der Waals surface area contributed by atoms with Crippen LogP contribution in [-0.2, 0) is 24.3 Å². The zero-order valence-corrected chi connectivity index (χ0v) is 24.8. The Morgan fingerprint density at radius 1 is 1.00 bits per heavy atom. The van der Waals surface area contributed by atoms with Crippen LogP contribution in [0.15, 0.2) is 76.7 Å². The summed E-state index contributed by atoms with van der Waals surface area (Å²) in [7, 11) is -4.03. The zero-order valence-electron chi connectivity index (χ0n) is 24.0. The van der Waals surface area contributed by atoms with Crippen LogP contribution in [0, 0.1) is 20.8 Å². The Balaban J connectivity index is 1.34. The number of benzene rings is 3. The maximum Gasteiger partial charge on any atom is 0.264 e. The molecule has 1 atom stereocenters. The van der Waals surface area contributed by atoms with Gasteiger partial charge in [0.05, 0.1) is 22.9 Å². The van der Waals surface area contributed by atoms with Gasteiger partial charge in [-0.1, -0.05) is 23.8 Å². The van der Waals surface area contributed by atoms with Gasteiger partial charge in [0.15, 0.2) is 6.61 Å². The van der Waals surface area contributed by atoms with E-state index in [1.807, 2.05) is 26.8 Å². The second kappa shape index (κ2) is 14.1. The van der Waals surface area contributed by atoms with Gasteiger partial charge in [-0.15, -0.1) is 0 Å². The van der Waals surface area contributed by atoms with Crippen molar-refractivity contribution in [1.82, 2.24) is 10.7 Å². The van der Waals surface area contributed by atoms with Crippen molar-refractivity contribution in [2.24, 2.45) is 5.10 Å². The largest absolute Gasteiger partial charge is 0.484 e. The zero-order chi connectivity index (χ0) is 30.1. The number of aryl methyl sites for hydroxylation is 3. The number of rotatable bonds is 12. The van der Waals surface area contributed by atoms with Crippen LogP contribution in [0.3, 0.4) is 0 Å². The SMILES string of the molecule is Cc1ccc(S(=O)(=O)N(CC(=O)N/N=C\c2ccc(OCC(=O)NC[C@@H]3CCCO3)cc2)c2ccc(C)c(C)c2)cc1. The fraction of sp³-hybridized carbons (Fsp3) is 0.323. The molecule has 1 saturated heterocycles. The molecule has 0 bridgehead atoms. The monoisotopic (exact) mass is 592 g/mol. The summed E-state index contributed by atoms with van der Waals surface area (Å²) < 4.78 is 39.2. The molecule has 222 valence electrons. The van der Waals surface area contributed by atoms with E-state index in [9.17, 15) is 18.0 Å². The summed E-state index contributed by atoms with van der Waals surface area (Å²) in [5, 5.41) is 6.79. The molecule has 0 aromatic heterocycles. The van der Waals surface area contributed by atoms with E-state index in [1.54, 1.807) is 48.5 Å². The Morgan fingerprint density at radius 2 is 1.74 bits per heavy atom. The predicted molar refractivity (Wildman–Crippen MR) is 161 cm³/mol. The van der Waals surface area contributed by atoms with Crippen molar-refractivity contribution in [2.75, 3.05) is 30.6 Å². The molecule has 3 aromatic carbocycles. The van der Waals surface area contributed by atoms with Gasteiger partial charge < -0.3 is 14.8 Å². The molecule has 0 spiro atoms. The van der Waals surface area contributed by atoms with E-state index in [0.29, 0.717) is 23.5 Å². The topological polar surface area (TPSA) is 126 Å². The number of hydrazone groups is 1.